The zero-order chi connectivity index (χ0) is 11.9. The van der Waals surface area contributed by atoms with Crippen LogP contribution in [-0.2, 0) is 18.6 Å². The van der Waals surface area contributed by atoms with Crippen molar-refractivity contribution in [2.24, 2.45) is 0 Å². The van der Waals surface area contributed by atoms with Crippen LogP contribution in [0.2, 0.25) is 0 Å². The van der Waals surface area contributed by atoms with E-state index in [-0.39, 0.29) is 41.5 Å². The first-order valence-corrected chi connectivity index (χ1v) is 5.88. The van der Waals surface area contributed by atoms with Gasteiger partial charge in [0, 0.05) is 0 Å². The maximum atomic E-state index is 10.2. The van der Waals surface area contributed by atoms with Crippen LogP contribution in [0.3, 0.4) is 0 Å². The molecule has 0 N–H and O–H groups in total. The third kappa shape index (κ3) is 4.82. The van der Waals surface area contributed by atoms with Gasteiger partial charge < -0.3 is 8.92 Å². The van der Waals surface area contributed by atoms with Crippen LogP contribution in [0.15, 0.2) is 54.6 Å². The molecule has 18 heavy (non-hydrogen) atoms. The van der Waals surface area contributed by atoms with E-state index in [1.807, 2.05) is 30.3 Å². The zero-order valence-corrected chi connectivity index (χ0v) is 9.97. The molecule has 0 unspecified atom stereocenters. The van der Waals surface area contributed by atoms with E-state index in [9.17, 15) is 4.21 Å². The molecule has 0 aliphatic heterocycles. The summed E-state index contributed by atoms with van der Waals surface area (Å²) >= 11 is -0.350. The van der Waals surface area contributed by atoms with Crippen molar-refractivity contribution in [3.05, 3.63) is 60.2 Å². The summed E-state index contributed by atoms with van der Waals surface area (Å²) in [6.45, 7) is 0.529. The van der Waals surface area contributed by atoms with Crippen molar-refractivity contribution in [1.29, 1.82) is 0 Å². The molecule has 0 aliphatic carbocycles. The molecule has 0 fully saturated rings. The predicted octanol–water partition coefficient (Wildman–Crippen LogP) is 1.86. The predicted molar refractivity (Wildman–Crippen MR) is 74.5 cm³/mol. The van der Waals surface area contributed by atoms with Crippen LogP contribution >= 0.6 is 0 Å². The molecule has 0 aliphatic rings. The van der Waals surface area contributed by atoms with E-state index < -0.39 is 0 Å². The van der Waals surface area contributed by atoms with Gasteiger partial charge in [-0.1, -0.05) is 30.3 Å². The van der Waals surface area contributed by atoms with Crippen LogP contribution in [0.4, 0.5) is 0 Å². The van der Waals surface area contributed by atoms with Crippen LogP contribution < -0.4 is 8.92 Å². The fourth-order valence-corrected chi connectivity index (χ4v) is 1.59. The molecule has 0 amide bonds. The molecule has 3 nitrogen and oxygen atoms in total. The monoisotopic (exact) mass is 272 g/mol. The number of hydrogen-bond donors (Lipinski definition) is 1. The van der Waals surface area contributed by atoms with Gasteiger partial charge in [-0.05, 0) is 29.8 Å². The van der Waals surface area contributed by atoms with Gasteiger partial charge in [0.15, 0.2) is 11.9 Å². The van der Waals surface area contributed by atoms with Gasteiger partial charge in [-0.3, -0.25) is 0 Å². The normalized spacial score (nSPS) is 9.33. The molecule has 5 heteroatoms. The van der Waals surface area contributed by atoms with Crippen LogP contribution in [0, 0.1) is 0 Å². The summed E-state index contributed by atoms with van der Waals surface area (Å²) in [5, 5.41) is 0. The molecule has 0 bridgehead atoms. The summed E-state index contributed by atoms with van der Waals surface area (Å²) in [7, 11) is 0. The van der Waals surface area contributed by atoms with E-state index in [1.165, 1.54) is 0 Å². The summed E-state index contributed by atoms with van der Waals surface area (Å²) in [6, 6.07) is 16.9. The minimum absolute atomic E-state index is 0. The first-order valence-electron chi connectivity index (χ1n) is 5.15. The molecule has 0 saturated heterocycles. The second-order valence-corrected chi connectivity index (χ2v) is 3.74. The first kappa shape index (κ1) is 15.2. The van der Waals surface area contributed by atoms with Crippen molar-refractivity contribution in [2.75, 3.05) is 0 Å². The average Bonchev–Trinajstić information content (AvgIpc) is 2.40. The summed E-state index contributed by atoms with van der Waals surface area (Å²) in [5.41, 5.74) is 1.12. The first-order chi connectivity index (χ1) is 8.38. The third-order valence-corrected chi connectivity index (χ3v) is 2.50. The maximum absolute atomic E-state index is 10.2. The van der Waals surface area contributed by atoms with E-state index in [1.54, 1.807) is 24.3 Å². The Morgan fingerprint density at radius 2 is 1.50 bits per heavy atom. The van der Waals surface area contributed by atoms with Crippen molar-refractivity contribution in [2.45, 2.75) is 6.61 Å². The molecule has 0 saturated carbocycles. The summed E-state index contributed by atoms with van der Waals surface area (Å²) < 4.78 is 20.6. The summed E-state index contributed by atoms with van der Waals surface area (Å²) in [5.74, 6) is 1.30. The number of thiol groups is 1. The number of ether oxygens (including phenoxy) is 1. The molecule has 0 aromatic heterocycles. The third-order valence-electron chi connectivity index (χ3n) is 2.21. The Morgan fingerprint density at radius 3 is 2.11 bits per heavy atom. The molecule has 0 atom stereocenters. The van der Waals surface area contributed by atoms with E-state index in [4.69, 9.17) is 8.92 Å². The van der Waals surface area contributed by atoms with Crippen LogP contribution in [0.1, 0.15) is 5.56 Å². The average molecular weight is 272 g/mol. The van der Waals surface area contributed by atoms with Gasteiger partial charge in [0.25, 0.3) is 0 Å². The van der Waals surface area contributed by atoms with E-state index in [0.29, 0.717) is 12.4 Å². The van der Waals surface area contributed by atoms with Crippen LogP contribution in [0.25, 0.3) is 0 Å². The Balaban J connectivity index is 0.00000162. The Bertz CT molecular complexity index is 473. The Kier molecular flexibility index (Phi) is 7.05. The number of rotatable bonds is 5. The van der Waals surface area contributed by atoms with Gasteiger partial charge in [0.05, 0.1) is 0 Å². The van der Waals surface area contributed by atoms with Gasteiger partial charge in [-0.15, -0.1) is 0 Å². The van der Waals surface area contributed by atoms with E-state index >= 15 is 0 Å². The number of benzene rings is 2. The minimum atomic E-state index is -0.350. The second-order valence-electron chi connectivity index (χ2n) is 3.41. The second kappa shape index (κ2) is 8.32. The van der Waals surface area contributed by atoms with Crippen molar-refractivity contribution in [3.8, 4) is 11.5 Å². The molecule has 2 aromatic rings. The van der Waals surface area contributed by atoms with E-state index in [2.05, 4.69) is 0 Å². The van der Waals surface area contributed by atoms with Crippen molar-refractivity contribution in [1.82, 2.24) is 0 Å². The molecular weight excluding hydrogens is 259 g/mol. The quantitative estimate of drug-likeness (QED) is 0.666. The Hall–Kier alpha value is -0.810. The molecule has 2 rings (SSSR count). The van der Waals surface area contributed by atoms with Gasteiger partial charge in [-0.2, -0.15) is 0 Å². The van der Waals surface area contributed by atoms with Crippen LogP contribution in [-0.4, -0.2) is 33.8 Å². The molecule has 0 heterocycles. The molecule has 90 valence electrons. The zero-order valence-electron chi connectivity index (χ0n) is 9.08. The molecular formula is C13H13NaO3S. The summed E-state index contributed by atoms with van der Waals surface area (Å²) in [6.07, 6.45) is 0. The molecule has 2 aromatic carbocycles. The number of hydrogen-bond acceptors (Lipinski definition) is 3. The van der Waals surface area contributed by atoms with E-state index in [0.717, 1.165) is 11.3 Å². The SMILES string of the molecule is O=[SH]Oc1ccc(OCc2ccccc2)cc1.[NaH]. The fraction of sp³-hybridized carbons (Fsp3) is 0.0769. The van der Waals surface area contributed by atoms with Crippen molar-refractivity contribution >= 4 is 41.5 Å². The Labute approximate surface area is 132 Å². The Morgan fingerprint density at radius 1 is 0.889 bits per heavy atom. The van der Waals surface area contributed by atoms with Gasteiger partial charge in [-0.25, -0.2) is 4.21 Å². The van der Waals surface area contributed by atoms with Crippen molar-refractivity contribution < 1.29 is 13.1 Å². The summed E-state index contributed by atoms with van der Waals surface area (Å²) in [4.78, 5) is 0. The topological polar surface area (TPSA) is 35.5 Å². The fourth-order valence-electron chi connectivity index (χ4n) is 1.38. The van der Waals surface area contributed by atoms with Crippen LogP contribution in [0.5, 0.6) is 11.5 Å². The standard InChI is InChI=1S/C13H12O3S.Na.H/c14-17-16-13-8-6-12(7-9-13)15-10-11-4-2-1-3-5-11;;/h1-9,17H,10H2;;. The molecule has 0 spiro atoms. The van der Waals surface area contributed by atoms with Gasteiger partial charge in [0.2, 0.25) is 0 Å². The van der Waals surface area contributed by atoms with Gasteiger partial charge >= 0.3 is 29.6 Å². The van der Waals surface area contributed by atoms with Crippen molar-refractivity contribution in [3.63, 3.8) is 0 Å². The molecule has 0 radical (unpaired) electrons. The van der Waals surface area contributed by atoms with Gasteiger partial charge in [0.1, 0.15) is 18.1 Å².